The maximum Gasteiger partial charge on any atom is 0.333 e. The summed E-state index contributed by atoms with van der Waals surface area (Å²) in [5, 5.41) is 3.26. The molecule has 9 heteroatoms. The first-order chi connectivity index (χ1) is 24.7. The van der Waals surface area contributed by atoms with E-state index in [0.29, 0.717) is 35.9 Å². The van der Waals surface area contributed by atoms with Crippen LogP contribution < -0.4 is 9.47 Å². The number of hydrogen-bond acceptors (Lipinski definition) is 9. The van der Waals surface area contributed by atoms with E-state index in [-0.39, 0.29) is 26.4 Å². The number of hydrogen-bond donors (Lipinski definition) is 0. The highest BCUT2D eigenvalue weighted by atomic mass is 32.2. The molecular formula is C42H50O8S. The summed E-state index contributed by atoms with van der Waals surface area (Å²) in [5.74, 6) is 0.261. The van der Waals surface area contributed by atoms with Gasteiger partial charge in [0, 0.05) is 55.7 Å². The van der Waals surface area contributed by atoms with Gasteiger partial charge in [-0.3, -0.25) is 0 Å². The van der Waals surface area contributed by atoms with Gasteiger partial charge in [-0.2, -0.15) is 0 Å². The highest BCUT2D eigenvalue weighted by molar-refractivity contribution is 7.99. The standard InChI is InChI=1S/C42H50O8S/c1-7-9-22-45-25-31(49-41(43)29(3)4)27-47-39-35-18-14-15-19-36(35)40(48-28-32(26-46-23-10-8-2)50-42(44)30(5)6)38-24-34(20-21-37(38)39)51-33-16-12-11-13-17-33/h11-21,24,31-32H,3,5,7-10,22-23,25-28H2,1-2,4,6H3. The molecule has 0 N–H and O–H groups in total. The Hall–Kier alpha value is -4.31. The monoisotopic (exact) mass is 714 g/mol. The summed E-state index contributed by atoms with van der Waals surface area (Å²) < 4.78 is 36.4. The van der Waals surface area contributed by atoms with Gasteiger partial charge in [-0.05, 0) is 57.0 Å². The Morgan fingerprint density at radius 2 is 1.08 bits per heavy atom. The molecular weight excluding hydrogens is 665 g/mol. The lowest BCUT2D eigenvalue weighted by atomic mass is 10.0. The predicted octanol–water partition coefficient (Wildman–Crippen LogP) is 9.51. The maximum absolute atomic E-state index is 12.6. The Bertz CT molecular complexity index is 1770. The average Bonchev–Trinajstić information content (AvgIpc) is 3.13. The highest BCUT2D eigenvalue weighted by Crippen LogP contribution is 2.45. The summed E-state index contributed by atoms with van der Waals surface area (Å²) >= 11 is 1.64. The van der Waals surface area contributed by atoms with Crippen LogP contribution in [0.1, 0.15) is 53.4 Å². The number of benzene rings is 4. The molecule has 0 bridgehead atoms. The molecule has 8 nitrogen and oxygen atoms in total. The number of carbonyl (C=O) groups is 2. The van der Waals surface area contributed by atoms with Gasteiger partial charge in [-0.15, -0.1) is 0 Å². The second kappa shape index (κ2) is 20.5. The van der Waals surface area contributed by atoms with Gasteiger partial charge in [-0.1, -0.05) is 94.1 Å². The van der Waals surface area contributed by atoms with Crippen LogP contribution in [0.4, 0.5) is 0 Å². The molecule has 0 saturated heterocycles. The molecule has 0 heterocycles. The second-order valence-corrected chi connectivity index (χ2v) is 13.6. The lowest BCUT2D eigenvalue weighted by Gasteiger charge is -2.23. The molecule has 51 heavy (non-hydrogen) atoms. The Morgan fingerprint density at radius 3 is 1.57 bits per heavy atom. The molecule has 272 valence electrons. The van der Waals surface area contributed by atoms with Crippen LogP contribution in [0.15, 0.2) is 107 Å². The van der Waals surface area contributed by atoms with Crippen LogP contribution in [-0.4, -0.2) is 63.8 Å². The zero-order chi connectivity index (χ0) is 36.6. The van der Waals surface area contributed by atoms with E-state index in [1.165, 1.54) is 0 Å². The minimum Gasteiger partial charge on any atom is -0.488 e. The van der Waals surface area contributed by atoms with Crippen LogP contribution in [0.3, 0.4) is 0 Å². The Labute approximate surface area is 306 Å². The van der Waals surface area contributed by atoms with Crippen molar-refractivity contribution in [2.75, 3.05) is 39.6 Å². The minimum absolute atomic E-state index is 0.0640. The molecule has 0 radical (unpaired) electrons. The molecule has 0 aliphatic heterocycles. The summed E-state index contributed by atoms with van der Waals surface area (Å²) in [6.07, 6.45) is 2.48. The zero-order valence-corrected chi connectivity index (χ0v) is 31.1. The van der Waals surface area contributed by atoms with Gasteiger partial charge in [0.05, 0.1) is 13.2 Å². The van der Waals surface area contributed by atoms with Crippen molar-refractivity contribution in [3.05, 3.63) is 97.1 Å². The van der Waals surface area contributed by atoms with Gasteiger partial charge >= 0.3 is 11.9 Å². The van der Waals surface area contributed by atoms with Gasteiger partial charge in [0.15, 0.2) is 12.2 Å². The van der Waals surface area contributed by atoms with Crippen LogP contribution in [-0.2, 0) is 28.5 Å². The third-order valence-electron chi connectivity index (χ3n) is 7.84. The van der Waals surface area contributed by atoms with E-state index in [9.17, 15) is 9.59 Å². The number of fused-ring (bicyclic) bond motifs is 2. The zero-order valence-electron chi connectivity index (χ0n) is 30.2. The van der Waals surface area contributed by atoms with Gasteiger partial charge < -0.3 is 28.4 Å². The van der Waals surface area contributed by atoms with E-state index in [0.717, 1.165) is 57.0 Å². The predicted molar refractivity (Wildman–Crippen MR) is 204 cm³/mol. The summed E-state index contributed by atoms with van der Waals surface area (Å²) in [6, 6.07) is 24.1. The van der Waals surface area contributed by atoms with Crippen LogP contribution in [0.5, 0.6) is 11.5 Å². The third-order valence-corrected chi connectivity index (χ3v) is 8.84. The van der Waals surface area contributed by atoms with Crippen molar-refractivity contribution in [1.82, 2.24) is 0 Å². The number of rotatable bonds is 22. The molecule has 0 fully saturated rings. The maximum atomic E-state index is 12.6. The quantitative estimate of drug-likeness (QED) is 0.0342. The Morgan fingerprint density at radius 1 is 0.608 bits per heavy atom. The van der Waals surface area contributed by atoms with E-state index in [1.807, 2.05) is 48.5 Å². The van der Waals surface area contributed by atoms with E-state index >= 15 is 0 Å². The first-order valence-electron chi connectivity index (χ1n) is 17.6. The largest absolute Gasteiger partial charge is 0.488 e. The van der Waals surface area contributed by atoms with E-state index in [1.54, 1.807) is 25.6 Å². The summed E-state index contributed by atoms with van der Waals surface area (Å²) in [7, 11) is 0. The van der Waals surface area contributed by atoms with Crippen molar-refractivity contribution in [2.45, 2.75) is 75.4 Å². The molecule has 0 aliphatic rings. The van der Waals surface area contributed by atoms with Crippen molar-refractivity contribution in [3.8, 4) is 11.5 Å². The number of ether oxygens (including phenoxy) is 6. The van der Waals surface area contributed by atoms with Crippen molar-refractivity contribution >= 4 is 45.2 Å². The fraction of sp³-hybridized carbons (Fsp3) is 0.381. The van der Waals surface area contributed by atoms with Crippen molar-refractivity contribution in [3.63, 3.8) is 0 Å². The minimum atomic E-state index is -0.658. The van der Waals surface area contributed by atoms with Crippen molar-refractivity contribution < 1.29 is 38.0 Å². The fourth-order valence-corrected chi connectivity index (χ4v) is 5.97. The van der Waals surface area contributed by atoms with Gasteiger partial charge in [-0.25, -0.2) is 9.59 Å². The molecule has 0 spiro atoms. The summed E-state index contributed by atoms with van der Waals surface area (Å²) in [4.78, 5) is 27.2. The molecule has 4 rings (SSSR count). The Balaban J connectivity index is 1.75. The van der Waals surface area contributed by atoms with Crippen molar-refractivity contribution in [2.24, 2.45) is 0 Å². The Kier molecular flexibility index (Phi) is 15.9. The molecule has 4 aromatic carbocycles. The second-order valence-electron chi connectivity index (χ2n) is 12.4. The average molecular weight is 715 g/mol. The molecule has 4 aromatic rings. The highest BCUT2D eigenvalue weighted by Gasteiger charge is 2.23. The molecule has 0 aliphatic carbocycles. The van der Waals surface area contributed by atoms with Crippen LogP contribution in [0, 0.1) is 0 Å². The van der Waals surface area contributed by atoms with E-state index in [4.69, 9.17) is 28.4 Å². The molecule has 0 aromatic heterocycles. The van der Waals surface area contributed by atoms with Gasteiger partial charge in [0.25, 0.3) is 0 Å². The number of carbonyl (C=O) groups excluding carboxylic acids is 2. The van der Waals surface area contributed by atoms with Gasteiger partial charge in [0.2, 0.25) is 0 Å². The van der Waals surface area contributed by atoms with Crippen LogP contribution >= 0.6 is 11.8 Å². The van der Waals surface area contributed by atoms with E-state index in [2.05, 4.69) is 51.3 Å². The SMILES string of the molecule is C=C(C)C(=O)OC(COCCCC)COc1c2ccccc2c(OCC(COCCCC)OC(=O)C(=C)C)c2cc(Sc3ccccc3)ccc12. The normalized spacial score (nSPS) is 12.3. The lowest BCUT2D eigenvalue weighted by molar-refractivity contribution is -0.150. The van der Waals surface area contributed by atoms with Crippen molar-refractivity contribution in [1.29, 1.82) is 0 Å². The molecule has 0 saturated carbocycles. The number of esters is 2. The topological polar surface area (TPSA) is 89.5 Å². The first-order valence-corrected chi connectivity index (χ1v) is 18.4. The summed E-state index contributed by atoms with van der Waals surface area (Å²) in [5.41, 5.74) is 0.605. The third kappa shape index (κ3) is 11.9. The lowest BCUT2D eigenvalue weighted by Crippen LogP contribution is -2.30. The van der Waals surface area contributed by atoms with Crippen LogP contribution in [0.25, 0.3) is 21.5 Å². The molecule has 2 unspecified atom stereocenters. The smallest absolute Gasteiger partial charge is 0.333 e. The summed E-state index contributed by atoms with van der Waals surface area (Å²) in [6.45, 7) is 16.5. The number of unbranched alkanes of at least 4 members (excludes halogenated alkanes) is 2. The van der Waals surface area contributed by atoms with Crippen LogP contribution in [0.2, 0.25) is 0 Å². The molecule has 0 amide bonds. The van der Waals surface area contributed by atoms with Gasteiger partial charge in [0.1, 0.15) is 24.7 Å². The van der Waals surface area contributed by atoms with E-state index < -0.39 is 24.1 Å². The first kappa shape index (κ1) is 39.5. The molecule has 2 atom stereocenters. The fourth-order valence-electron chi connectivity index (χ4n) is 5.09.